The molecule has 1 unspecified atom stereocenters. The highest BCUT2D eigenvalue weighted by molar-refractivity contribution is 7.88. The zero-order valence-corrected chi connectivity index (χ0v) is 12.4. The van der Waals surface area contributed by atoms with Crippen molar-refractivity contribution in [3.8, 4) is 0 Å². The summed E-state index contributed by atoms with van der Waals surface area (Å²) in [5, 5.41) is 10.1. The van der Waals surface area contributed by atoms with Crippen LogP contribution in [0.15, 0.2) is 0 Å². The average molecular weight is 280 g/mol. The van der Waals surface area contributed by atoms with Gasteiger partial charge in [-0.3, -0.25) is 4.90 Å². The van der Waals surface area contributed by atoms with E-state index in [0.29, 0.717) is 32.7 Å². The monoisotopic (exact) mass is 280 g/mol. The maximum Gasteiger partial charge on any atom is 0.211 e. The van der Waals surface area contributed by atoms with Crippen molar-refractivity contribution >= 4 is 10.0 Å². The summed E-state index contributed by atoms with van der Waals surface area (Å²) < 4.78 is 29.4. The van der Waals surface area contributed by atoms with Crippen LogP contribution >= 0.6 is 0 Å². The highest BCUT2D eigenvalue weighted by Gasteiger charge is 2.31. The van der Waals surface area contributed by atoms with E-state index >= 15 is 0 Å². The Morgan fingerprint density at radius 3 is 2.17 bits per heavy atom. The molecule has 0 aromatic rings. The molecule has 0 amide bonds. The first kappa shape index (κ1) is 15.8. The highest BCUT2D eigenvalue weighted by Crippen LogP contribution is 2.16. The fraction of sp³-hybridized carbons (Fsp3) is 1.00. The van der Waals surface area contributed by atoms with Gasteiger partial charge < -0.3 is 9.84 Å². The minimum Gasteiger partial charge on any atom is -0.389 e. The Bertz CT molecular complexity index is 361. The molecule has 1 N–H and O–H groups in total. The zero-order valence-electron chi connectivity index (χ0n) is 11.6. The lowest BCUT2D eigenvalue weighted by molar-refractivity contribution is -0.0893. The second-order valence-corrected chi connectivity index (χ2v) is 7.27. The topological polar surface area (TPSA) is 70.1 Å². The first-order chi connectivity index (χ1) is 8.16. The molecule has 1 aliphatic heterocycles. The number of nitrogens with zero attached hydrogens (tertiary/aromatic N) is 2. The molecule has 1 fully saturated rings. The van der Waals surface area contributed by atoms with Gasteiger partial charge in [-0.1, -0.05) is 0 Å². The Morgan fingerprint density at radius 2 is 1.78 bits per heavy atom. The van der Waals surface area contributed by atoms with Crippen LogP contribution in [0.1, 0.15) is 13.8 Å². The van der Waals surface area contributed by atoms with Crippen LogP contribution in [0.25, 0.3) is 0 Å². The molecule has 1 rings (SSSR count). The molecule has 0 aliphatic carbocycles. The van der Waals surface area contributed by atoms with Gasteiger partial charge in [0.15, 0.2) is 0 Å². The summed E-state index contributed by atoms with van der Waals surface area (Å²) >= 11 is 0. The van der Waals surface area contributed by atoms with Gasteiger partial charge in [0.25, 0.3) is 0 Å². The van der Waals surface area contributed by atoms with Crippen LogP contribution in [0.4, 0.5) is 0 Å². The highest BCUT2D eigenvalue weighted by atomic mass is 32.2. The van der Waals surface area contributed by atoms with Gasteiger partial charge >= 0.3 is 0 Å². The number of rotatable bonds is 5. The molecule has 1 atom stereocenters. The van der Waals surface area contributed by atoms with Crippen LogP contribution in [-0.2, 0) is 14.8 Å². The predicted octanol–water partition coefficient (Wildman–Crippen LogP) is -0.650. The molecule has 18 heavy (non-hydrogen) atoms. The number of methoxy groups -OCH3 is 1. The maximum absolute atomic E-state index is 11.4. The van der Waals surface area contributed by atoms with E-state index in [9.17, 15) is 13.5 Å². The Morgan fingerprint density at radius 1 is 1.28 bits per heavy atom. The maximum atomic E-state index is 11.4. The summed E-state index contributed by atoms with van der Waals surface area (Å²) in [6.45, 7) is 6.43. The van der Waals surface area contributed by atoms with Crippen molar-refractivity contribution in [2.45, 2.75) is 25.6 Å². The molecular formula is C11H24N2O4S. The van der Waals surface area contributed by atoms with E-state index in [0.717, 1.165) is 0 Å². The van der Waals surface area contributed by atoms with Gasteiger partial charge in [0.05, 0.1) is 18.0 Å². The average Bonchev–Trinajstić information content (AvgIpc) is 2.28. The van der Waals surface area contributed by atoms with E-state index in [1.165, 1.54) is 10.6 Å². The summed E-state index contributed by atoms with van der Waals surface area (Å²) in [6, 6.07) is 0. The molecule has 0 saturated carbocycles. The van der Waals surface area contributed by atoms with E-state index in [-0.39, 0.29) is 0 Å². The van der Waals surface area contributed by atoms with Crippen molar-refractivity contribution in [1.82, 2.24) is 9.21 Å². The lowest BCUT2D eigenvalue weighted by Gasteiger charge is -2.37. The molecule has 1 aliphatic rings. The number of hydrogen-bond donors (Lipinski definition) is 1. The summed E-state index contributed by atoms with van der Waals surface area (Å²) in [6.07, 6.45) is 0.637. The number of aliphatic hydroxyl groups is 1. The summed E-state index contributed by atoms with van der Waals surface area (Å²) in [5.74, 6) is 0. The van der Waals surface area contributed by atoms with Crippen LogP contribution in [0.3, 0.4) is 0 Å². The number of piperazine rings is 1. The summed E-state index contributed by atoms with van der Waals surface area (Å²) in [7, 11) is -1.52. The number of aliphatic hydroxyl groups excluding tert-OH is 1. The lowest BCUT2D eigenvalue weighted by Crippen LogP contribution is -2.53. The predicted molar refractivity (Wildman–Crippen MR) is 70.0 cm³/mol. The molecular weight excluding hydrogens is 256 g/mol. The van der Waals surface area contributed by atoms with Crippen molar-refractivity contribution in [2.24, 2.45) is 0 Å². The SMILES string of the molecule is COC(C)(C)C(O)CN1CCN(S(C)(=O)=O)CC1. The van der Waals surface area contributed by atoms with Crippen LogP contribution in [-0.4, -0.2) is 80.5 Å². The fourth-order valence-corrected chi connectivity index (χ4v) is 2.67. The summed E-state index contributed by atoms with van der Waals surface area (Å²) in [5.41, 5.74) is -0.589. The van der Waals surface area contributed by atoms with Crippen LogP contribution in [0.2, 0.25) is 0 Å². The van der Waals surface area contributed by atoms with E-state index in [4.69, 9.17) is 4.74 Å². The Kier molecular flexibility index (Phi) is 5.13. The van der Waals surface area contributed by atoms with E-state index in [1.54, 1.807) is 7.11 Å². The van der Waals surface area contributed by atoms with Gasteiger partial charge in [-0.05, 0) is 13.8 Å². The fourth-order valence-electron chi connectivity index (χ4n) is 1.84. The van der Waals surface area contributed by atoms with Crippen molar-refractivity contribution < 1.29 is 18.3 Å². The Labute approximate surface area is 110 Å². The summed E-state index contributed by atoms with van der Waals surface area (Å²) in [4.78, 5) is 2.06. The molecule has 0 bridgehead atoms. The van der Waals surface area contributed by atoms with Gasteiger partial charge in [0.1, 0.15) is 0 Å². The molecule has 1 saturated heterocycles. The number of ether oxygens (including phenoxy) is 1. The Hall–Kier alpha value is -0.210. The van der Waals surface area contributed by atoms with Crippen molar-refractivity contribution in [2.75, 3.05) is 46.1 Å². The van der Waals surface area contributed by atoms with Crippen LogP contribution < -0.4 is 0 Å². The van der Waals surface area contributed by atoms with E-state index in [2.05, 4.69) is 4.90 Å². The second kappa shape index (κ2) is 5.83. The number of β-amino-alcohol motifs (C(OH)–C–C–N with tert-alkyl or cyclic N) is 1. The molecule has 7 heteroatoms. The zero-order chi connectivity index (χ0) is 14.0. The second-order valence-electron chi connectivity index (χ2n) is 5.29. The smallest absolute Gasteiger partial charge is 0.211 e. The van der Waals surface area contributed by atoms with Crippen LogP contribution in [0, 0.1) is 0 Å². The van der Waals surface area contributed by atoms with Gasteiger partial charge in [-0.2, -0.15) is 4.31 Å². The third-order valence-electron chi connectivity index (χ3n) is 3.56. The van der Waals surface area contributed by atoms with E-state index < -0.39 is 21.7 Å². The largest absolute Gasteiger partial charge is 0.389 e. The van der Waals surface area contributed by atoms with E-state index in [1.807, 2.05) is 13.8 Å². The molecule has 0 aromatic heterocycles. The molecule has 108 valence electrons. The normalized spacial score (nSPS) is 22.1. The number of hydrogen-bond acceptors (Lipinski definition) is 5. The minimum absolute atomic E-state index is 0.485. The van der Waals surface area contributed by atoms with Gasteiger partial charge in [0.2, 0.25) is 10.0 Å². The third kappa shape index (κ3) is 4.17. The minimum atomic E-state index is -3.09. The van der Waals surface area contributed by atoms with Crippen molar-refractivity contribution in [3.05, 3.63) is 0 Å². The van der Waals surface area contributed by atoms with Crippen LogP contribution in [0.5, 0.6) is 0 Å². The third-order valence-corrected chi connectivity index (χ3v) is 4.86. The van der Waals surface area contributed by atoms with Gasteiger partial charge in [-0.25, -0.2) is 8.42 Å². The Balaban J connectivity index is 2.45. The first-order valence-corrected chi connectivity index (χ1v) is 7.92. The van der Waals surface area contributed by atoms with Gasteiger partial charge in [0, 0.05) is 39.8 Å². The van der Waals surface area contributed by atoms with Crippen molar-refractivity contribution in [3.63, 3.8) is 0 Å². The number of sulfonamides is 1. The quantitative estimate of drug-likeness (QED) is 0.725. The van der Waals surface area contributed by atoms with Gasteiger partial charge in [-0.15, -0.1) is 0 Å². The first-order valence-electron chi connectivity index (χ1n) is 6.07. The molecule has 1 heterocycles. The lowest BCUT2D eigenvalue weighted by atomic mass is 10.0. The molecule has 0 aromatic carbocycles. The molecule has 0 radical (unpaired) electrons. The molecule has 6 nitrogen and oxygen atoms in total. The standard InChI is InChI=1S/C11H24N2O4S/c1-11(2,17-3)10(14)9-12-5-7-13(8-6-12)18(4,15)16/h10,14H,5-9H2,1-4H3. The van der Waals surface area contributed by atoms with Crippen molar-refractivity contribution in [1.29, 1.82) is 0 Å². The molecule has 0 spiro atoms.